The highest BCUT2D eigenvalue weighted by Gasteiger charge is 2.32. The second kappa shape index (κ2) is 8.38. The van der Waals surface area contributed by atoms with E-state index in [1.807, 2.05) is 9.47 Å². The van der Waals surface area contributed by atoms with E-state index in [0.717, 1.165) is 25.1 Å². The zero-order valence-electron chi connectivity index (χ0n) is 16.2. The van der Waals surface area contributed by atoms with Gasteiger partial charge in [-0.2, -0.15) is 0 Å². The summed E-state index contributed by atoms with van der Waals surface area (Å²) in [7, 11) is 0. The van der Waals surface area contributed by atoms with E-state index in [1.54, 1.807) is 24.3 Å². The van der Waals surface area contributed by atoms with Crippen molar-refractivity contribution in [2.75, 3.05) is 13.2 Å². The predicted octanol–water partition coefficient (Wildman–Crippen LogP) is 3.88. The first-order chi connectivity index (χ1) is 14.0. The third-order valence-corrected chi connectivity index (χ3v) is 6.38. The Bertz CT molecular complexity index is 937. The summed E-state index contributed by atoms with van der Waals surface area (Å²) in [5, 5.41) is 3.87. The van der Waals surface area contributed by atoms with Crippen LogP contribution in [0.5, 0.6) is 0 Å². The number of carbonyl (C=O) groups is 2. The fourth-order valence-electron chi connectivity index (χ4n) is 4.05. The Morgan fingerprint density at radius 3 is 2.69 bits per heavy atom. The van der Waals surface area contributed by atoms with Gasteiger partial charge in [-0.1, -0.05) is 29.3 Å². The molecule has 0 radical (unpaired) electrons. The molecule has 6 nitrogen and oxygen atoms in total. The number of ether oxygens (including phenoxy) is 1. The van der Waals surface area contributed by atoms with E-state index in [9.17, 15) is 9.59 Å². The summed E-state index contributed by atoms with van der Waals surface area (Å²) in [6, 6.07) is 7.14. The summed E-state index contributed by atoms with van der Waals surface area (Å²) in [4.78, 5) is 28.0. The molecule has 0 spiro atoms. The molecule has 4 rings (SSSR count). The maximum atomic E-state index is 13.1. The molecular weight excluding hydrogens is 413 g/mol. The zero-order chi connectivity index (χ0) is 20.5. The van der Waals surface area contributed by atoms with Gasteiger partial charge in [0.25, 0.3) is 11.8 Å². The molecule has 0 bridgehead atoms. The minimum absolute atomic E-state index is 0.0219. The topological polar surface area (TPSA) is 63.6 Å². The summed E-state index contributed by atoms with van der Waals surface area (Å²) >= 11 is 12.4. The van der Waals surface area contributed by atoms with Crippen LogP contribution in [-0.2, 0) is 24.4 Å². The third kappa shape index (κ3) is 3.89. The van der Waals surface area contributed by atoms with Crippen LogP contribution in [0, 0.1) is 0 Å². The Labute approximate surface area is 179 Å². The van der Waals surface area contributed by atoms with E-state index in [-0.39, 0.29) is 24.4 Å². The average Bonchev–Trinajstić information content (AvgIpc) is 3.31. The number of amides is 2. The molecule has 2 aromatic rings. The third-order valence-electron chi connectivity index (χ3n) is 5.67. The number of carbonyl (C=O) groups excluding carboxylic acids is 2. The fourth-order valence-corrected chi connectivity index (χ4v) is 4.58. The molecule has 1 aromatic heterocycles. The standard InChI is InChI=1S/C21H23Cl2N3O3/c1-13-4-3-7-25(13)21(28)18-10-14(19-12-29-9-8-26(18)19)20(27)24-11-15-16(22)5-2-6-17(15)23/h2,5-6,10,13H,3-4,7-9,11-12H2,1H3,(H,24,27)/t13-/m0/s1. The van der Waals surface area contributed by atoms with Gasteiger partial charge in [-0.15, -0.1) is 0 Å². The van der Waals surface area contributed by atoms with Crippen molar-refractivity contribution < 1.29 is 14.3 Å². The van der Waals surface area contributed by atoms with Crippen LogP contribution in [0.2, 0.25) is 10.0 Å². The maximum absolute atomic E-state index is 13.1. The number of benzene rings is 1. The Morgan fingerprint density at radius 2 is 2.00 bits per heavy atom. The number of hydrogen-bond donors (Lipinski definition) is 1. The Balaban J connectivity index is 1.59. The number of likely N-dealkylation sites (tertiary alicyclic amines) is 1. The summed E-state index contributed by atoms with van der Waals surface area (Å²) in [5.74, 6) is -0.296. The molecule has 1 saturated heterocycles. The van der Waals surface area contributed by atoms with Crippen molar-refractivity contribution >= 4 is 35.0 Å². The Kier molecular flexibility index (Phi) is 5.86. The number of halogens is 2. The molecule has 2 amide bonds. The van der Waals surface area contributed by atoms with Crippen molar-refractivity contribution in [1.29, 1.82) is 0 Å². The molecule has 0 saturated carbocycles. The highest BCUT2D eigenvalue weighted by atomic mass is 35.5. The van der Waals surface area contributed by atoms with Crippen LogP contribution in [0.25, 0.3) is 0 Å². The van der Waals surface area contributed by atoms with Gasteiger partial charge in [-0.05, 0) is 38.0 Å². The molecule has 0 aliphatic carbocycles. The summed E-state index contributed by atoms with van der Waals surface area (Å²) in [6.45, 7) is 4.41. The Morgan fingerprint density at radius 1 is 1.24 bits per heavy atom. The molecule has 8 heteroatoms. The van der Waals surface area contributed by atoms with Gasteiger partial charge >= 0.3 is 0 Å². The highest BCUT2D eigenvalue weighted by molar-refractivity contribution is 6.36. The second-order valence-corrected chi connectivity index (χ2v) is 8.28. The SMILES string of the molecule is C[C@H]1CCCN1C(=O)c1cc(C(=O)NCc2c(Cl)cccc2Cl)c2n1CCOC2. The van der Waals surface area contributed by atoms with E-state index in [0.29, 0.717) is 46.6 Å². The number of aromatic nitrogens is 1. The second-order valence-electron chi connectivity index (χ2n) is 7.47. The maximum Gasteiger partial charge on any atom is 0.270 e. The van der Waals surface area contributed by atoms with Crippen molar-refractivity contribution in [1.82, 2.24) is 14.8 Å². The van der Waals surface area contributed by atoms with Gasteiger partial charge < -0.3 is 19.5 Å². The van der Waals surface area contributed by atoms with Gasteiger partial charge in [-0.25, -0.2) is 0 Å². The average molecular weight is 436 g/mol. The molecule has 3 heterocycles. The molecule has 29 heavy (non-hydrogen) atoms. The number of fused-ring (bicyclic) bond motifs is 1. The quantitative estimate of drug-likeness (QED) is 0.792. The summed E-state index contributed by atoms with van der Waals surface area (Å²) in [6.07, 6.45) is 2.02. The summed E-state index contributed by atoms with van der Waals surface area (Å²) < 4.78 is 7.48. The number of hydrogen-bond acceptors (Lipinski definition) is 3. The van der Waals surface area contributed by atoms with Crippen molar-refractivity contribution in [2.24, 2.45) is 0 Å². The Hall–Kier alpha value is -2.02. The van der Waals surface area contributed by atoms with Crippen molar-refractivity contribution in [3.8, 4) is 0 Å². The molecule has 1 N–H and O–H groups in total. The highest BCUT2D eigenvalue weighted by Crippen LogP contribution is 2.27. The molecule has 0 unspecified atom stereocenters. The molecule has 1 aromatic carbocycles. The van der Waals surface area contributed by atoms with E-state index in [2.05, 4.69) is 12.2 Å². The lowest BCUT2D eigenvalue weighted by Crippen LogP contribution is -2.35. The van der Waals surface area contributed by atoms with Crippen molar-refractivity contribution in [3.05, 3.63) is 56.8 Å². The predicted molar refractivity (Wildman–Crippen MR) is 111 cm³/mol. The van der Waals surface area contributed by atoms with Gasteiger partial charge in [0, 0.05) is 41.3 Å². The van der Waals surface area contributed by atoms with Crippen LogP contribution in [-0.4, -0.2) is 40.5 Å². The number of nitrogens with one attached hydrogen (secondary N) is 1. The van der Waals surface area contributed by atoms with E-state index < -0.39 is 0 Å². The largest absolute Gasteiger partial charge is 0.373 e. The molecule has 2 aliphatic heterocycles. The first-order valence-corrected chi connectivity index (χ1v) is 10.5. The van der Waals surface area contributed by atoms with Crippen molar-refractivity contribution in [2.45, 2.75) is 45.5 Å². The lowest BCUT2D eigenvalue weighted by molar-refractivity contribution is 0.0684. The summed E-state index contributed by atoms with van der Waals surface area (Å²) in [5.41, 5.74) is 2.41. The van der Waals surface area contributed by atoms with Crippen LogP contribution in [0.15, 0.2) is 24.3 Å². The van der Waals surface area contributed by atoms with Crippen LogP contribution < -0.4 is 5.32 Å². The van der Waals surface area contributed by atoms with E-state index >= 15 is 0 Å². The van der Waals surface area contributed by atoms with E-state index in [4.69, 9.17) is 27.9 Å². The van der Waals surface area contributed by atoms with Gasteiger partial charge in [0.1, 0.15) is 5.69 Å². The number of rotatable bonds is 4. The van der Waals surface area contributed by atoms with Gasteiger partial charge in [0.05, 0.1) is 24.5 Å². The number of nitrogens with zero attached hydrogens (tertiary/aromatic N) is 2. The zero-order valence-corrected chi connectivity index (χ0v) is 17.7. The van der Waals surface area contributed by atoms with Crippen LogP contribution >= 0.6 is 23.2 Å². The molecule has 2 aliphatic rings. The normalized spacial score (nSPS) is 18.6. The van der Waals surface area contributed by atoms with E-state index in [1.165, 1.54) is 0 Å². The molecule has 1 fully saturated rings. The van der Waals surface area contributed by atoms with Gasteiger partial charge in [0.15, 0.2) is 0 Å². The van der Waals surface area contributed by atoms with Crippen LogP contribution in [0.1, 0.15) is 51.9 Å². The van der Waals surface area contributed by atoms with Gasteiger partial charge in [-0.3, -0.25) is 9.59 Å². The first-order valence-electron chi connectivity index (χ1n) is 9.79. The minimum Gasteiger partial charge on any atom is -0.373 e. The smallest absolute Gasteiger partial charge is 0.270 e. The molecular formula is C21H23Cl2N3O3. The lowest BCUT2D eigenvalue weighted by Gasteiger charge is -2.24. The molecule has 1 atom stereocenters. The van der Waals surface area contributed by atoms with Crippen LogP contribution in [0.3, 0.4) is 0 Å². The first kappa shape index (κ1) is 20.3. The lowest BCUT2D eigenvalue weighted by atomic mass is 10.2. The van der Waals surface area contributed by atoms with Crippen molar-refractivity contribution in [3.63, 3.8) is 0 Å². The van der Waals surface area contributed by atoms with Gasteiger partial charge in [0.2, 0.25) is 0 Å². The minimum atomic E-state index is -0.274. The molecule has 154 valence electrons. The fraction of sp³-hybridized carbons (Fsp3) is 0.429. The monoisotopic (exact) mass is 435 g/mol. The van der Waals surface area contributed by atoms with Crippen LogP contribution in [0.4, 0.5) is 0 Å².